The number of halogens is 6. The fourth-order valence-corrected chi connectivity index (χ4v) is 3.24. The Kier molecular flexibility index (Phi) is 6.34. The minimum atomic E-state index is -4.81. The highest BCUT2D eigenvalue weighted by atomic mass is 35.5. The Morgan fingerprint density at radius 3 is 2.58 bits per heavy atom. The first-order chi connectivity index (χ1) is 14.5. The number of carbonyl (C=O) groups is 1. The van der Waals surface area contributed by atoms with Gasteiger partial charge in [-0.05, 0) is 12.8 Å². The van der Waals surface area contributed by atoms with E-state index < -0.39 is 53.0 Å². The van der Waals surface area contributed by atoms with Crippen LogP contribution in [0.3, 0.4) is 0 Å². The van der Waals surface area contributed by atoms with Crippen molar-refractivity contribution in [1.29, 1.82) is 0 Å². The average Bonchev–Trinajstić information content (AvgIpc) is 3.42. The standard InChI is InChI=1S/C17H14ClF5N4O4/c18-14-15(8-1-2-8)26(25-16(14)17(21,22)23)6-13(28)24-9-3-10(27(29)30)5-11(4-9)31-7-12(19)20/h3-5,8,12H,1-2,6-7H2,(H,24,28). The zero-order chi connectivity index (χ0) is 22.9. The molecule has 1 fully saturated rings. The predicted molar refractivity (Wildman–Crippen MR) is 97.4 cm³/mol. The number of nitro groups is 1. The molecule has 1 heterocycles. The predicted octanol–water partition coefficient (Wildman–Crippen LogP) is 4.62. The number of carbonyl (C=O) groups excluding carboxylic acids is 1. The van der Waals surface area contributed by atoms with E-state index in [0.29, 0.717) is 12.8 Å². The fourth-order valence-electron chi connectivity index (χ4n) is 2.84. The van der Waals surface area contributed by atoms with E-state index in [0.717, 1.165) is 22.9 Å². The Morgan fingerprint density at radius 1 is 1.35 bits per heavy atom. The van der Waals surface area contributed by atoms with Crippen LogP contribution in [-0.2, 0) is 17.5 Å². The van der Waals surface area contributed by atoms with Crippen molar-refractivity contribution in [1.82, 2.24) is 9.78 Å². The Bertz CT molecular complexity index is 1010. The number of ether oxygens (including phenoxy) is 1. The maximum absolute atomic E-state index is 13.1. The van der Waals surface area contributed by atoms with Crippen LogP contribution < -0.4 is 10.1 Å². The zero-order valence-electron chi connectivity index (χ0n) is 15.5. The number of nitrogens with one attached hydrogen (secondary N) is 1. The number of amides is 1. The molecule has 0 saturated heterocycles. The molecular formula is C17H14ClF5N4O4. The molecular weight excluding hydrogens is 455 g/mol. The minimum absolute atomic E-state index is 0.0872. The van der Waals surface area contributed by atoms with Gasteiger partial charge < -0.3 is 10.1 Å². The third-order valence-electron chi connectivity index (χ3n) is 4.22. The number of non-ortho nitro benzene ring substituents is 1. The van der Waals surface area contributed by atoms with Crippen molar-refractivity contribution >= 4 is 28.9 Å². The van der Waals surface area contributed by atoms with Crippen molar-refractivity contribution < 1.29 is 36.4 Å². The van der Waals surface area contributed by atoms with Crippen LogP contribution in [0.1, 0.15) is 30.1 Å². The molecule has 8 nitrogen and oxygen atoms in total. The van der Waals surface area contributed by atoms with Gasteiger partial charge in [0.15, 0.2) is 5.69 Å². The van der Waals surface area contributed by atoms with Crippen LogP contribution >= 0.6 is 11.6 Å². The van der Waals surface area contributed by atoms with Crippen LogP contribution in [0.25, 0.3) is 0 Å². The zero-order valence-corrected chi connectivity index (χ0v) is 16.2. The van der Waals surface area contributed by atoms with E-state index in [9.17, 15) is 36.9 Å². The monoisotopic (exact) mass is 468 g/mol. The number of rotatable bonds is 8. The summed E-state index contributed by atoms with van der Waals surface area (Å²) in [5, 5.41) is 16.2. The summed E-state index contributed by atoms with van der Waals surface area (Å²) >= 11 is 5.84. The molecule has 168 valence electrons. The summed E-state index contributed by atoms with van der Waals surface area (Å²) in [6, 6.07) is 2.92. The van der Waals surface area contributed by atoms with Crippen LogP contribution in [0.2, 0.25) is 5.02 Å². The van der Waals surface area contributed by atoms with Crippen LogP contribution in [0.4, 0.5) is 33.3 Å². The van der Waals surface area contributed by atoms with Crippen LogP contribution in [0.15, 0.2) is 18.2 Å². The maximum Gasteiger partial charge on any atom is 0.436 e. The smallest absolute Gasteiger partial charge is 0.436 e. The average molecular weight is 469 g/mol. The highest BCUT2D eigenvalue weighted by molar-refractivity contribution is 6.32. The van der Waals surface area contributed by atoms with Gasteiger partial charge in [0.25, 0.3) is 12.1 Å². The minimum Gasteiger partial charge on any atom is -0.487 e. The maximum atomic E-state index is 13.1. The lowest BCUT2D eigenvalue weighted by Gasteiger charge is -2.10. The molecule has 0 atom stereocenters. The Morgan fingerprint density at radius 2 is 2.03 bits per heavy atom. The van der Waals surface area contributed by atoms with Crippen LogP contribution in [-0.4, -0.2) is 33.6 Å². The molecule has 1 aliphatic carbocycles. The second-order valence-electron chi connectivity index (χ2n) is 6.70. The molecule has 31 heavy (non-hydrogen) atoms. The molecule has 0 spiro atoms. The van der Waals surface area contributed by atoms with Gasteiger partial charge in [-0.25, -0.2) is 8.78 Å². The summed E-state index contributed by atoms with van der Waals surface area (Å²) in [5.41, 5.74) is -1.92. The van der Waals surface area contributed by atoms with E-state index in [1.165, 1.54) is 0 Å². The van der Waals surface area contributed by atoms with E-state index in [1.54, 1.807) is 0 Å². The van der Waals surface area contributed by atoms with Gasteiger partial charge in [0.2, 0.25) is 5.91 Å². The summed E-state index contributed by atoms with van der Waals surface area (Å²) in [7, 11) is 0. The Hall–Kier alpha value is -2.96. The molecule has 2 aromatic rings. The Balaban J connectivity index is 1.82. The van der Waals surface area contributed by atoms with E-state index in [4.69, 9.17) is 16.3 Å². The molecule has 1 aromatic heterocycles. The van der Waals surface area contributed by atoms with Gasteiger partial charge in [-0.15, -0.1) is 0 Å². The molecule has 0 unspecified atom stereocenters. The normalized spacial score (nSPS) is 14.0. The van der Waals surface area contributed by atoms with Gasteiger partial charge in [-0.3, -0.25) is 19.6 Å². The molecule has 0 radical (unpaired) electrons. The lowest BCUT2D eigenvalue weighted by Crippen LogP contribution is -2.21. The number of hydrogen-bond acceptors (Lipinski definition) is 5. The number of hydrogen-bond donors (Lipinski definition) is 1. The second-order valence-corrected chi connectivity index (χ2v) is 7.08. The lowest BCUT2D eigenvalue weighted by atomic mass is 10.2. The summed E-state index contributed by atoms with van der Waals surface area (Å²) in [6.07, 6.45) is -6.44. The number of benzene rings is 1. The molecule has 1 aromatic carbocycles. The van der Waals surface area contributed by atoms with Crippen molar-refractivity contribution in [3.63, 3.8) is 0 Å². The molecule has 3 rings (SSSR count). The molecule has 0 bridgehead atoms. The SMILES string of the molecule is O=C(Cn1nc(C(F)(F)F)c(Cl)c1C1CC1)Nc1cc(OCC(F)F)cc([N+](=O)[O-])c1. The summed E-state index contributed by atoms with van der Waals surface area (Å²) in [6.45, 7) is -1.66. The van der Waals surface area contributed by atoms with Crippen LogP contribution in [0.5, 0.6) is 5.75 Å². The summed E-state index contributed by atoms with van der Waals surface area (Å²) in [5.74, 6) is -1.39. The Labute approximate surface area is 176 Å². The van der Waals surface area contributed by atoms with E-state index in [1.807, 2.05) is 0 Å². The van der Waals surface area contributed by atoms with Crippen LogP contribution in [0, 0.1) is 10.1 Å². The van der Waals surface area contributed by atoms with E-state index in [2.05, 4.69) is 10.4 Å². The molecule has 1 N–H and O–H groups in total. The molecule has 0 aliphatic heterocycles. The number of nitro benzene ring substituents is 1. The number of anilines is 1. The molecule has 1 saturated carbocycles. The second kappa shape index (κ2) is 8.65. The highest BCUT2D eigenvalue weighted by Crippen LogP contribution is 2.46. The van der Waals surface area contributed by atoms with Crippen molar-refractivity contribution in [3.05, 3.63) is 44.7 Å². The van der Waals surface area contributed by atoms with Gasteiger partial charge in [0.1, 0.15) is 18.9 Å². The van der Waals surface area contributed by atoms with Crippen molar-refractivity contribution in [2.45, 2.75) is 37.9 Å². The van der Waals surface area contributed by atoms with E-state index in [-0.39, 0.29) is 23.0 Å². The van der Waals surface area contributed by atoms with Crippen molar-refractivity contribution in [2.24, 2.45) is 0 Å². The quantitative estimate of drug-likeness (QED) is 0.346. The molecule has 1 aliphatic rings. The van der Waals surface area contributed by atoms with Gasteiger partial charge in [-0.1, -0.05) is 11.6 Å². The molecule has 1 amide bonds. The van der Waals surface area contributed by atoms with Crippen molar-refractivity contribution in [2.75, 3.05) is 11.9 Å². The third-order valence-corrected chi connectivity index (χ3v) is 4.59. The summed E-state index contributed by atoms with van der Waals surface area (Å²) < 4.78 is 69.6. The number of alkyl halides is 5. The highest BCUT2D eigenvalue weighted by Gasteiger charge is 2.42. The number of nitrogens with zero attached hydrogens (tertiary/aromatic N) is 3. The van der Waals surface area contributed by atoms with Gasteiger partial charge in [0, 0.05) is 18.1 Å². The van der Waals surface area contributed by atoms with E-state index >= 15 is 0 Å². The van der Waals surface area contributed by atoms with Gasteiger partial charge in [0.05, 0.1) is 27.4 Å². The largest absolute Gasteiger partial charge is 0.487 e. The lowest BCUT2D eigenvalue weighted by molar-refractivity contribution is -0.384. The summed E-state index contributed by atoms with van der Waals surface area (Å²) in [4.78, 5) is 22.6. The first kappa shape index (κ1) is 22.7. The first-order valence-electron chi connectivity index (χ1n) is 8.79. The fraction of sp³-hybridized carbons (Fsp3) is 0.412. The van der Waals surface area contributed by atoms with Gasteiger partial charge >= 0.3 is 6.18 Å². The first-order valence-corrected chi connectivity index (χ1v) is 9.17. The topological polar surface area (TPSA) is 99.3 Å². The molecule has 14 heteroatoms. The van der Waals surface area contributed by atoms with Crippen molar-refractivity contribution in [3.8, 4) is 5.75 Å². The van der Waals surface area contributed by atoms with Gasteiger partial charge in [-0.2, -0.15) is 18.3 Å². The third kappa shape index (κ3) is 5.60. The number of aromatic nitrogens is 2.